The Bertz CT molecular complexity index is 562. The van der Waals surface area contributed by atoms with Crippen LogP contribution in [-0.4, -0.2) is 22.9 Å². The number of hydrogen-bond donors (Lipinski definition) is 0. The van der Waals surface area contributed by atoms with E-state index in [2.05, 4.69) is 42.0 Å². The first-order valence-electron chi connectivity index (χ1n) is 7.32. The monoisotopic (exact) mass is 257 g/mol. The highest BCUT2D eigenvalue weighted by molar-refractivity contribution is 5.82. The number of aromatic nitrogens is 2. The van der Waals surface area contributed by atoms with Gasteiger partial charge < -0.3 is 4.90 Å². The lowest BCUT2D eigenvalue weighted by Gasteiger charge is -2.35. The SMILES string of the molecule is CC(C)C1CCN(c2ccc3c(cnn3C)c2)CC1. The Balaban J connectivity index is 1.78. The van der Waals surface area contributed by atoms with Crippen LogP contribution in [0.15, 0.2) is 24.4 Å². The lowest BCUT2D eigenvalue weighted by molar-refractivity contribution is 0.311. The summed E-state index contributed by atoms with van der Waals surface area (Å²) in [6, 6.07) is 6.70. The minimum Gasteiger partial charge on any atom is -0.371 e. The zero-order valence-corrected chi connectivity index (χ0v) is 12.1. The molecule has 0 spiro atoms. The molecule has 0 saturated carbocycles. The Labute approximate surface area is 115 Å². The van der Waals surface area contributed by atoms with E-state index in [1.54, 1.807) is 0 Å². The van der Waals surface area contributed by atoms with Crippen LogP contribution in [-0.2, 0) is 7.05 Å². The third kappa shape index (κ3) is 2.34. The molecule has 1 aromatic heterocycles. The first-order chi connectivity index (χ1) is 9.15. The highest BCUT2D eigenvalue weighted by Crippen LogP contribution is 2.29. The molecule has 1 saturated heterocycles. The van der Waals surface area contributed by atoms with Crippen molar-refractivity contribution < 1.29 is 0 Å². The zero-order chi connectivity index (χ0) is 13.4. The number of piperidine rings is 1. The van der Waals surface area contributed by atoms with Crippen molar-refractivity contribution in [2.75, 3.05) is 18.0 Å². The summed E-state index contributed by atoms with van der Waals surface area (Å²) in [5.74, 6) is 1.72. The summed E-state index contributed by atoms with van der Waals surface area (Å²) in [4.78, 5) is 2.52. The predicted octanol–water partition coefficient (Wildman–Crippen LogP) is 3.45. The normalized spacial score (nSPS) is 17.6. The molecule has 1 fully saturated rings. The van der Waals surface area contributed by atoms with Crippen LogP contribution in [0.2, 0.25) is 0 Å². The van der Waals surface area contributed by atoms with Gasteiger partial charge in [-0.25, -0.2) is 0 Å². The minimum atomic E-state index is 0.822. The smallest absolute Gasteiger partial charge is 0.0680 e. The molecule has 2 heterocycles. The third-order valence-electron chi connectivity index (χ3n) is 4.58. The van der Waals surface area contributed by atoms with Gasteiger partial charge in [0.1, 0.15) is 0 Å². The van der Waals surface area contributed by atoms with Gasteiger partial charge in [0, 0.05) is 31.2 Å². The lowest BCUT2D eigenvalue weighted by atomic mass is 9.86. The molecule has 3 nitrogen and oxygen atoms in total. The number of aryl methyl sites for hydroxylation is 1. The second kappa shape index (κ2) is 4.87. The Morgan fingerprint density at radius 3 is 2.63 bits per heavy atom. The average molecular weight is 257 g/mol. The van der Waals surface area contributed by atoms with Crippen LogP contribution in [0.1, 0.15) is 26.7 Å². The van der Waals surface area contributed by atoms with E-state index in [0.29, 0.717) is 0 Å². The van der Waals surface area contributed by atoms with E-state index in [4.69, 9.17) is 0 Å². The van der Waals surface area contributed by atoms with Gasteiger partial charge in [-0.3, -0.25) is 4.68 Å². The van der Waals surface area contributed by atoms with E-state index in [-0.39, 0.29) is 0 Å². The maximum Gasteiger partial charge on any atom is 0.0680 e. The maximum atomic E-state index is 4.32. The fraction of sp³-hybridized carbons (Fsp3) is 0.562. The van der Waals surface area contributed by atoms with Crippen molar-refractivity contribution in [2.45, 2.75) is 26.7 Å². The van der Waals surface area contributed by atoms with Crippen LogP contribution in [0.5, 0.6) is 0 Å². The van der Waals surface area contributed by atoms with Crippen LogP contribution in [0.3, 0.4) is 0 Å². The molecule has 0 radical (unpaired) electrons. The molecule has 1 aliphatic heterocycles. The van der Waals surface area contributed by atoms with Gasteiger partial charge in [-0.1, -0.05) is 13.8 Å². The number of benzene rings is 1. The fourth-order valence-electron chi connectivity index (χ4n) is 3.17. The Kier molecular flexibility index (Phi) is 3.21. The molecule has 1 aliphatic rings. The van der Waals surface area contributed by atoms with Crippen LogP contribution in [0.25, 0.3) is 10.9 Å². The molecule has 0 aliphatic carbocycles. The maximum absolute atomic E-state index is 4.32. The third-order valence-corrected chi connectivity index (χ3v) is 4.58. The summed E-state index contributed by atoms with van der Waals surface area (Å²) in [6.07, 6.45) is 4.60. The van der Waals surface area contributed by atoms with Gasteiger partial charge >= 0.3 is 0 Å². The van der Waals surface area contributed by atoms with Gasteiger partial charge in [0.05, 0.1) is 11.7 Å². The lowest BCUT2D eigenvalue weighted by Crippen LogP contribution is -2.35. The van der Waals surface area contributed by atoms with Gasteiger partial charge in [-0.05, 0) is 42.9 Å². The summed E-state index contributed by atoms with van der Waals surface area (Å²) >= 11 is 0. The topological polar surface area (TPSA) is 21.1 Å². The van der Waals surface area contributed by atoms with E-state index in [1.165, 1.54) is 42.5 Å². The first kappa shape index (κ1) is 12.5. The van der Waals surface area contributed by atoms with Gasteiger partial charge in [0.15, 0.2) is 0 Å². The van der Waals surface area contributed by atoms with E-state index in [0.717, 1.165) is 11.8 Å². The van der Waals surface area contributed by atoms with Crippen molar-refractivity contribution in [3.05, 3.63) is 24.4 Å². The number of rotatable bonds is 2. The molecule has 0 amide bonds. The number of nitrogens with zero attached hydrogens (tertiary/aromatic N) is 3. The number of anilines is 1. The van der Waals surface area contributed by atoms with Gasteiger partial charge in [0.2, 0.25) is 0 Å². The first-order valence-corrected chi connectivity index (χ1v) is 7.32. The fourth-order valence-corrected chi connectivity index (χ4v) is 3.17. The molecular weight excluding hydrogens is 234 g/mol. The standard InChI is InChI=1S/C16H23N3/c1-12(2)13-6-8-19(9-7-13)15-4-5-16-14(10-15)11-17-18(16)3/h4-5,10-13H,6-9H2,1-3H3. The Morgan fingerprint density at radius 1 is 1.21 bits per heavy atom. The van der Waals surface area contributed by atoms with Crippen molar-refractivity contribution >= 4 is 16.6 Å². The van der Waals surface area contributed by atoms with Crippen LogP contribution >= 0.6 is 0 Å². The van der Waals surface area contributed by atoms with Crippen molar-refractivity contribution in [2.24, 2.45) is 18.9 Å². The summed E-state index contributed by atoms with van der Waals surface area (Å²) in [5, 5.41) is 5.56. The number of fused-ring (bicyclic) bond motifs is 1. The molecule has 3 heteroatoms. The molecule has 102 valence electrons. The molecule has 0 unspecified atom stereocenters. The van der Waals surface area contributed by atoms with E-state index in [1.807, 2.05) is 17.9 Å². The van der Waals surface area contributed by atoms with Crippen LogP contribution in [0, 0.1) is 11.8 Å². The van der Waals surface area contributed by atoms with Crippen molar-refractivity contribution in [3.8, 4) is 0 Å². The van der Waals surface area contributed by atoms with Gasteiger partial charge in [-0.2, -0.15) is 5.10 Å². The molecule has 0 atom stereocenters. The second-order valence-corrected chi connectivity index (χ2v) is 6.08. The molecule has 2 aromatic rings. The van der Waals surface area contributed by atoms with Gasteiger partial charge in [0.25, 0.3) is 0 Å². The Morgan fingerprint density at radius 2 is 1.95 bits per heavy atom. The second-order valence-electron chi connectivity index (χ2n) is 6.08. The molecule has 0 bridgehead atoms. The van der Waals surface area contributed by atoms with Crippen molar-refractivity contribution in [1.82, 2.24) is 9.78 Å². The van der Waals surface area contributed by atoms with E-state index < -0.39 is 0 Å². The average Bonchev–Trinajstić information content (AvgIpc) is 2.80. The van der Waals surface area contributed by atoms with Crippen molar-refractivity contribution in [3.63, 3.8) is 0 Å². The minimum absolute atomic E-state index is 0.822. The van der Waals surface area contributed by atoms with Crippen molar-refractivity contribution in [1.29, 1.82) is 0 Å². The summed E-state index contributed by atoms with van der Waals surface area (Å²) in [5.41, 5.74) is 2.56. The molecule has 0 N–H and O–H groups in total. The molecule has 1 aromatic carbocycles. The van der Waals surface area contributed by atoms with E-state index in [9.17, 15) is 0 Å². The highest BCUT2D eigenvalue weighted by Gasteiger charge is 2.21. The quantitative estimate of drug-likeness (QED) is 0.821. The summed E-state index contributed by atoms with van der Waals surface area (Å²) in [7, 11) is 2.00. The Hall–Kier alpha value is -1.51. The van der Waals surface area contributed by atoms with Crippen LogP contribution < -0.4 is 4.90 Å². The molecular formula is C16H23N3. The largest absolute Gasteiger partial charge is 0.371 e. The summed E-state index contributed by atoms with van der Waals surface area (Å²) < 4.78 is 1.93. The predicted molar refractivity (Wildman–Crippen MR) is 80.5 cm³/mol. The molecule has 3 rings (SSSR count). The van der Waals surface area contributed by atoms with Crippen LogP contribution in [0.4, 0.5) is 5.69 Å². The number of hydrogen-bond acceptors (Lipinski definition) is 2. The zero-order valence-electron chi connectivity index (χ0n) is 12.1. The highest BCUT2D eigenvalue weighted by atomic mass is 15.2. The van der Waals surface area contributed by atoms with Gasteiger partial charge in [-0.15, -0.1) is 0 Å². The van der Waals surface area contributed by atoms with E-state index >= 15 is 0 Å². The summed E-state index contributed by atoms with van der Waals surface area (Å²) in [6.45, 7) is 7.08. The molecule has 19 heavy (non-hydrogen) atoms.